The Kier molecular flexibility index (Phi) is 7.35. The van der Waals surface area contributed by atoms with Gasteiger partial charge in [0.1, 0.15) is 28.9 Å². The number of primary amides is 1. The third-order valence-electron chi connectivity index (χ3n) is 8.22. The number of esters is 1. The molecule has 0 saturated carbocycles. The first-order chi connectivity index (χ1) is 18.3. The number of aliphatic hydroxyl groups excluding tert-OH is 2. The minimum atomic E-state index is -2.94. The zero-order valence-corrected chi connectivity index (χ0v) is 22.3. The predicted molar refractivity (Wildman–Crippen MR) is 138 cm³/mol. The van der Waals surface area contributed by atoms with Crippen LogP contribution in [0.15, 0.2) is 40.9 Å². The number of likely N-dealkylation sites (N-methyl/N-ethyl adjacent to an activating group) is 1. The summed E-state index contributed by atoms with van der Waals surface area (Å²) in [6, 6.07) is 3.18. The van der Waals surface area contributed by atoms with Crippen molar-refractivity contribution in [1.82, 2.24) is 4.90 Å². The summed E-state index contributed by atoms with van der Waals surface area (Å²) in [5.74, 6) is -9.56. The molecule has 0 spiro atoms. The molecule has 0 aliphatic heterocycles. The molecule has 1 aromatic carbocycles. The summed E-state index contributed by atoms with van der Waals surface area (Å²) in [7, 11) is 3.02. The maximum atomic E-state index is 13.8. The first-order valence-electron chi connectivity index (χ1n) is 13.0. The number of carbonyl (C=O) groups is 4. The number of nitrogens with two attached hydrogens (primary N) is 1. The molecule has 0 bridgehead atoms. The monoisotopic (exact) mass is 542 g/mol. The van der Waals surface area contributed by atoms with Gasteiger partial charge in [0.25, 0.3) is 5.91 Å². The van der Waals surface area contributed by atoms with Gasteiger partial charge >= 0.3 is 5.97 Å². The minimum absolute atomic E-state index is 0.0296. The number of nitrogens with zero attached hydrogens (tertiary/aromatic N) is 1. The first-order valence-corrected chi connectivity index (χ1v) is 13.0. The van der Waals surface area contributed by atoms with Gasteiger partial charge in [-0.1, -0.05) is 38.8 Å². The molecule has 210 valence electrons. The van der Waals surface area contributed by atoms with E-state index in [2.05, 4.69) is 0 Å². The summed E-state index contributed by atoms with van der Waals surface area (Å²) in [6.07, 6.45) is 0.766. The van der Waals surface area contributed by atoms with Crippen LogP contribution in [0.4, 0.5) is 0 Å². The topological polar surface area (TPSA) is 188 Å². The molecule has 0 unspecified atom stereocenters. The van der Waals surface area contributed by atoms with Crippen LogP contribution in [0.2, 0.25) is 0 Å². The third kappa shape index (κ3) is 4.11. The van der Waals surface area contributed by atoms with Crippen LogP contribution >= 0.6 is 0 Å². The van der Waals surface area contributed by atoms with Crippen molar-refractivity contribution in [1.29, 1.82) is 0 Å². The van der Waals surface area contributed by atoms with E-state index in [1.165, 1.54) is 25.1 Å². The number of aromatic hydroxyl groups is 1. The van der Waals surface area contributed by atoms with Gasteiger partial charge in [-0.2, -0.15) is 0 Å². The fourth-order valence-corrected chi connectivity index (χ4v) is 6.42. The van der Waals surface area contributed by atoms with E-state index < -0.39 is 81.6 Å². The fraction of sp³-hybridized carbons (Fsp3) is 0.500. The van der Waals surface area contributed by atoms with Gasteiger partial charge in [-0.3, -0.25) is 24.1 Å². The van der Waals surface area contributed by atoms with Crippen molar-refractivity contribution < 1.29 is 44.3 Å². The minimum Gasteiger partial charge on any atom is -0.510 e. The van der Waals surface area contributed by atoms with E-state index in [1.807, 2.05) is 6.92 Å². The molecule has 1 amide bonds. The number of hydrogen-bond donors (Lipinski definition) is 5. The van der Waals surface area contributed by atoms with E-state index in [9.17, 15) is 39.6 Å². The van der Waals surface area contributed by atoms with Crippen molar-refractivity contribution >= 4 is 23.4 Å². The van der Waals surface area contributed by atoms with E-state index in [0.29, 0.717) is 12.0 Å². The SMILES string of the molecule is CCCCCC(=O)O[C@@H]1[C@H]2C(=C(O)[C@@]3(O)C(=O)C(C(N)=O)=C(O)[C@H](N(C)C)[C@@H]13)C(=O)c1c(O)cccc1[C@H]2C. The molecule has 3 aliphatic rings. The van der Waals surface area contributed by atoms with E-state index in [-0.39, 0.29) is 17.7 Å². The lowest BCUT2D eigenvalue weighted by Gasteiger charge is -2.54. The molecule has 0 fully saturated rings. The fourth-order valence-electron chi connectivity index (χ4n) is 6.42. The highest BCUT2D eigenvalue weighted by molar-refractivity contribution is 6.25. The Morgan fingerprint density at radius 3 is 2.38 bits per heavy atom. The first kappa shape index (κ1) is 28.3. The number of unbranched alkanes of at least 4 members (excludes halogenated alkanes) is 2. The second-order valence-electron chi connectivity index (χ2n) is 10.7. The Hall–Kier alpha value is -3.70. The highest BCUT2D eigenvalue weighted by Crippen LogP contribution is 2.56. The van der Waals surface area contributed by atoms with Crippen LogP contribution in [0, 0.1) is 11.8 Å². The molecule has 3 aliphatic carbocycles. The number of benzene rings is 1. The molecule has 4 rings (SSSR count). The average Bonchev–Trinajstić information content (AvgIpc) is 2.85. The highest BCUT2D eigenvalue weighted by atomic mass is 16.5. The van der Waals surface area contributed by atoms with Crippen molar-refractivity contribution in [3.63, 3.8) is 0 Å². The zero-order chi connectivity index (χ0) is 29.0. The van der Waals surface area contributed by atoms with Crippen LogP contribution in [0.3, 0.4) is 0 Å². The number of amides is 1. The molecule has 39 heavy (non-hydrogen) atoms. The maximum Gasteiger partial charge on any atom is 0.306 e. The zero-order valence-electron chi connectivity index (χ0n) is 22.3. The predicted octanol–water partition coefficient (Wildman–Crippen LogP) is 1.78. The van der Waals surface area contributed by atoms with Gasteiger partial charge in [-0.05, 0) is 38.1 Å². The number of rotatable bonds is 7. The summed E-state index contributed by atoms with van der Waals surface area (Å²) in [4.78, 5) is 54.2. The van der Waals surface area contributed by atoms with E-state index in [0.717, 1.165) is 12.8 Å². The van der Waals surface area contributed by atoms with Gasteiger partial charge < -0.3 is 30.9 Å². The van der Waals surface area contributed by atoms with Gasteiger partial charge in [0, 0.05) is 17.9 Å². The molecule has 1 aromatic rings. The van der Waals surface area contributed by atoms with Crippen LogP contribution in [-0.2, 0) is 19.1 Å². The number of carbonyl (C=O) groups excluding carboxylic acids is 4. The summed E-state index contributed by atoms with van der Waals surface area (Å²) >= 11 is 0. The van der Waals surface area contributed by atoms with Crippen LogP contribution in [0.25, 0.3) is 0 Å². The number of aliphatic hydroxyl groups is 3. The van der Waals surface area contributed by atoms with Crippen molar-refractivity contribution in [2.24, 2.45) is 17.6 Å². The number of ketones is 2. The van der Waals surface area contributed by atoms with E-state index >= 15 is 0 Å². The number of ether oxygens (including phenoxy) is 1. The second kappa shape index (κ2) is 10.1. The van der Waals surface area contributed by atoms with Gasteiger partial charge in [-0.15, -0.1) is 0 Å². The highest BCUT2D eigenvalue weighted by Gasteiger charge is 2.68. The summed E-state index contributed by atoms with van der Waals surface area (Å²) < 4.78 is 5.94. The largest absolute Gasteiger partial charge is 0.510 e. The van der Waals surface area contributed by atoms with Gasteiger partial charge in [0.2, 0.25) is 5.78 Å². The van der Waals surface area contributed by atoms with Crippen LogP contribution < -0.4 is 5.73 Å². The average molecular weight is 543 g/mol. The van der Waals surface area contributed by atoms with Crippen LogP contribution in [0.1, 0.15) is 61.4 Å². The Morgan fingerprint density at radius 2 is 1.79 bits per heavy atom. The molecule has 0 radical (unpaired) electrons. The van der Waals surface area contributed by atoms with E-state index in [1.54, 1.807) is 19.1 Å². The Morgan fingerprint density at radius 1 is 1.13 bits per heavy atom. The number of phenols is 1. The molecule has 6 N–H and O–H groups in total. The number of Topliss-reactive ketones (excluding diaryl/α,β-unsaturated/α-hetero) is 2. The van der Waals surface area contributed by atoms with Crippen LogP contribution in [0.5, 0.6) is 5.75 Å². The molecule has 11 heteroatoms. The molecule has 0 heterocycles. The molecule has 0 saturated heterocycles. The molecule has 11 nitrogen and oxygen atoms in total. The molecular weight excluding hydrogens is 508 g/mol. The van der Waals surface area contributed by atoms with Crippen molar-refractivity contribution in [3.05, 3.63) is 52.0 Å². The Balaban J connectivity index is 2.02. The smallest absolute Gasteiger partial charge is 0.306 e. The van der Waals surface area contributed by atoms with Gasteiger partial charge in [0.05, 0.1) is 17.5 Å². The molecule has 6 atom stereocenters. The summed E-state index contributed by atoms with van der Waals surface area (Å²) in [6.45, 7) is 3.68. The van der Waals surface area contributed by atoms with Crippen molar-refractivity contribution in [2.45, 2.75) is 63.2 Å². The Labute approximate surface area is 225 Å². The van der Waals surface area contributed by atoms with Crippen LogP contribution in [-0.4, -0.2) is 80.6 Å². The standard InChI is InChI=1S/C28H34N2O9/c1-5-6-7-11-15(32)39-24-16-12(2)13-9-8-10-14(31)17(13)22(33)18(16)25(35)28(38)20(24)21(30(3)4)23(34)19(26(28)36)27(29)37/h8-10,12,16,20-21,24,31,34-35,38H,5-7,11H2,1-4H3,(H2,29,37)/t12-,16-,20+,21-,24-,28-/m1/s1. The number of phenolic OH excluding ortho intramolecular Hbond substituents is 1. The molecular formula is C28H34N2O9. The maximum absolute atomic E-state index is 13.8. The normalized spacial score (nSPS) is 30.2. The second-order valence-corrected chi connectivity index (χ2v) is 10.7. The number of hydrogen-bond acceptors (Lipinski definition) is 10. The Bertz CT molecular complexity index is 1310. The lowest BCUT2D eigenvalue weighted by atomic mass is 9.55. The number of fused-ring (bicyclic) bond motifs is 3. The van der Waals surface area contributed by atoms with Gasteiger partial charge in [-0.25, -0.2) is 0 Å². The molecule has 0 aromatic heterocycles. The van der Waals surface area contributed by atoms with Crippen molar-refractivity contribution in [2.75, 3.05) is 14.1 Å². The lowest BCUT2D eigenvalue weighted by molar-refractivity contribution is -0.181. The summed E-state index contributed by atoms with van der Waals surface area (Å²) in [5, 5.41) is 45.1. The van der Waals surface area contributed by atoms with E-state index in [4.69, 9.17) is 10.5 Å². The van der Waals surface area contributed by atoms with Crippen molar-refractivity contribution in [3.8, 4) is 5.75 Å². The van der Waals surface area contributed by atoms with Gasteiger partial charge in [0.15, 0.2) is 11.4 Å². The quantitative estimate of drug-likeness (QED) is 0.193. The summed E-state index contributed by atoms with van der Waals surface area (Å²) in [5.41, 5.74) is 1.44. The third-order valence-corrected chi connectivity index (χ3v) is 8.22. The lowest BCUT2D eigenvalue weighted by Crippen LogP contribution is -2.69.